The average Bonchev–Trinajstić information content (AvgIpc) is 3.34. The topological polar surface area (TPSA) is 73.5 Å². The molecule has 0 aliphatic carbocycles. The van der Waals surface area contributed by atoms with Crippen LogP contribution >= 0.6 is 11.3 Å². The third-order valence-corrected chi connectivity index (χ3v) is 4.48. The number of benzene rings is 1. The van der Waals surface area contributed by atoms with E-state index in [-0.39, 0.29) is 11.6 Å². The molecule has 4 rings (SSSR count). The minimum absolute atomic E-state index is 0.243. The number of aromatic nitrogens is 4. The van der Waals surface area contributed by atoms with E-state index in [4.69, 9.17) is 4.74 Å². The number of para-hydroxylation sites is 1. The van der Waals surface area contributed by atoms with E-state index in [1.54, 1.807) is 22.2 Å². The Hall–Kier alpha value is -3.13. The van der Waals surface area contributed by atoms with Gasteiger partial charge in [-0.1, -0.05) is 18.2 Å². The van der Waals surface area contributed by atoms with Crippen molar-refractivity contribution < 1.29 is 9.53 Å². The highest BCUT2D eigenvalue weighted by molar-refractivity contribution is 7.15. The molecule has 1 N–H and O–H groups in total. The number of hydrogen-bond acceptors (Lipinski definition) is 5. The van der Waals surface area contributed by atoms with Crippen LogP contribution in [0.2, 0.25) is 0 Å². The van der Waals surface area contributed by atoms with Crippen molar-refractivity contribution in [2.24, 2.45) is 0 Å². The molecular weight excluding hydrogens is 338 g/mol. The first-order valence-electron chi connectivity index (χ1n) is 7.63. The molecule has 0 aliphatic rings. The summed E-state index contributed by atoms with van der Waals surface area (Å²) in [6, 6.07) is 9.56. The number of thiazole rings is 1. The van der Waals surface area contributed by atoms with E-state index < -0.39 is 0 Å². The van der Waals surface area contributed by atoms with Crippen LogP contribution in [0.5, 0.6) is 5.75 Å². The van der Waals surface area contributed by atoms with E-state index >= 15 is 0 Å². The first-order chi connectivity index (χ1) is 12.2. The molecule has 126 valence electrons. The number of nitrogens with zero attached hydrogens (tertiary/aromatic N) is 4. The fourth-order valence-corrected chi connectivity index (χ4v) is 3.21. The van der Waals surface area contributed by atoms with Crippen LogP contribution < -0.4 is 10.1 Å². The van der Waals surface area contributed by atoms with Crippen molar-refractivity contribution in [3.05, 3.63) is 65.7 Å². The maximum Gasteiger partial charge on any atom is 0.276 e. The lowest BCUT2D eigenvalue weighted by Crippen LogP contribution is -2.24. The highest BCUT2D eigenvalue weighted by Crippen LogP contribution is 2.19. The lowest BCUT2D eigenvalue weighted by Gasteiger charge is -2.02. The van der Waals surface area contributed by atoms with Gasteiger partial charge in [-0.25, -0.2) is 9.67 Å². The van der Waals surface area contributed by atoms with E-state index in [0.29, 0.717) is 12.3 Å². The number of amides is 1. The van der Waals surface area contributed by atoms with Gasteiger partial charge in [-0.15, -0.1) is 11.3 Å². The SMILES string of the molecule is COc1cn(-c2ccccc2)nc1C(=O)NCc1cn2ccsc2n1. The van der Waals surface area contributed by atoms with Gasteiger partial charge in [0.1, 0.15) is 0 Å². The van der Waals surface area contributed by atoms with Gasteiger partial charge in [-0.05, 0) is 12.1 Å². The van der Waals surface area contributed by atoms with Crippen molar-refractivity contribution in [2.75, 3.05) is 7.11 Å². The van der Waals surface area contributed by atoms with E-state index in [2.05, 4.69) is 15.4 Å². The molecule has 0 aliphatic heterocycles. The summed E-state index contributed by atoms with van der Waals surface area (Å²) in [7, 11) is 1.52. The fourth-order valence-electron chi connectivity index (χ4n) is 2.49. The Bertz CT molecular complexity index is 990. The fraction of sp³-hybridized carbons (Fsp3) is 0.118. The van der Waals surface area contributed by atoms with Crippen LogP contribution in [0.15, 0.2) is 54.3 Å². The Balaban J connectivity index is 1.53. The van der Waals surface area contributed by atoms with Crippen LogP contribution in [0.3, 0.4) is 0 Å². The molecule has 3 heterocycles. The number of nitrogens with one attached hydrogen (secondary N) is 1. The minimum Gasteiger partial charge on any atom is -0.493 e. The van der Waals surface area contributed by atoms with Gasteiger partial charge < -0.3 is 10.1 Å². The summed E-state index contributed by atoms with van der Waals surface area (Å²) < 4.78 is 8.85. The third kappa shape index (κ3) is 2.99. The number of rotatable bonds is 5. The van der Waals surface area contributed by atoms with Gasteiger partial charge in [0.05, 0.1) is 31.2 Å². The largest absolute Gasteiger partial charge is 0.493 e. The Morgan fingerprint density at radius 2 is 2.12 bits per heavy atom. The summed E-state index contributed by atoms with van der Waals surface area (Å²) in [5.41, 5.74) is 1.89. The molecule has 0 radical (unpaired) electrons. The van der Waals surface area contributed by atoms with Gasteiger partial charge in [0.25, 0.3) is 5.91 Å². The van der Waals surface area contributed by atoms with Crippen molar-refractivity contribution in [2.45, 2.75) is 6.54 Å². The molecule has 7 nitrogen and oxygen atoms in total. The molecule has 0 spiro atoms. The average molecular weight is 353 g/mol. The first-order valence-corrected chi connectivity index (χ1v) is 8.51. The number of imidazole rings is 1. The van der Waals surface area contributed by atoms with E-state index in [1.165, 1.54) is 7.11 Å². The highest BCUT2D eigenvalue weighted by Gasteiger charge is 2.18. The van der Waals surface area contributed by atoms with Gasteiger partial charge in [0.15, 0.2) is 16.4 Å². The monoisotopic (exact) mass is 353 g/mol. The predicted octanol–water partition coefficient (Wildman–Crippen LogP) is 2.52. The molecule has 4 aromatic rings. The van der Waals surface area contributed by atoms with Crippen molar-refractivity contribution in [1.82, 2.24) is 24.5 Å². The maximum atomic E-state index is 12.5. The summed E-state index contributed by atoms with van der Waals surface area (Å²) in [6.45, 7) is 0.328. The molecule has 0 bridgehead atoms. The second kappa shape index (κ2) is 6.40. The molecule has 8 heteroatoms. The van der Waals surface area contributed by atoms with Crippen LogP contribution in [0.1, 0.15) is 16.2 Å². The van der Waals surface area contributed by atoms with Crippen LogP contribution in [0, 0.1) is 0 Å². The van der Waals surface area contributed by atoms with Gasteiger partial charge in [-0.2, -0.15) is 5.10 Å². The number of fused-ring (bicyclic) bond motifs is 1. The van der Waals surface area contributed by atoms with Crippen molar-refractivity contribution >= 4 is 22.2 Å². The van der Waals surface area contributed by atoms with E-state index in [0.717, 1.165) is 16.3 Å². The predicted molar refractivity (Wildman–Crippen MR) is 94.4 cm³/mol. The van der Waals surface area contributed by atoms with E-state index in [1.807, 2.05) is 52.5 Å². The Kier molecular flexibility index (Phi) is 3.95. The minimum atomic E-state index is -0.303. The standard InChI is InChI=1S/C17H15N5O2S/c1-24-14-11-22(13-5-3-2-4-6-13)20-15(14)16(23)18-9-12-10-21-7-8-25-17(21)19-12/h2-8,10-11H,9H2,1H3,(H,18,23). The second-order valence-electron chi connectivity index (χ2n) is 5.33. The summed E-state index contributed by atoms with van der Waals surface area (Å²) in [5, 5.41) is 9.16. The highest BCUT2D eigenvalue weighted by atomic mass is 32.1. The third-order valence-electron chi connectivity index (χ3n) is 3.71. The van der Waals surface area contributed by atoms with Crippen LogP contribution in [0.25, 0.3) is 10.6 Å². The molecular formula is C17H15N5O2S. The van der Waals surface area contributed by atoms with Gasteiger partial charge in [-0.3, -0.25) is 9.20 Å². The molecule has 0 unspecified atom stereocenters. The Labute approximate surface area is 147 Å². The number of carbonyl (C=O) groups excluding carboxylic acids is 1. The number of hydrogen-bond donors (Lipinski definition) is 1. The quantitative estimate of drug-likeness (QED) is 0.598. The van der Waals surface area contributed by atoms with Crippen molar-refractivity contribution in [3.8, 4) is 11.4 Å². The molecule has 0 fully saturated rings. The van der Waals surface area contributed by atoms with Crippen LogP contribution in [0.4, 0.5) is 0 Å². The van der Waals surface area contributed by atoms with Gasteiger partial charge in [0, 0.05) is 17.8 Å². The van der Waals surface area contributed by atoms with Crippen molar-refractivity contribution in [3.63, 3.8) is 0 Å². The summed E-state index contributed by atoms with van der Waals surface area (Å²) >= 11 is 1.55. The Morgan fingerprint density at radius 1 is 1.28 bits per heavy atom. The normalized spacial score (nSPS) is 10.9. The number of carbonyl (C=O) groups is 1. The Morgan fingerprint density at radius 3 is 2.88 bits per heavy atom. The second-order valence-corrected chi connectivity index (χ2v) is 6.21. The lowest BCUT2D eigenvalue weighted by molar-refractivity contribution is 0.0942. The maximum absolute atomic E-state index is 12.5. The van der Waals surface area contributed by atoms with E-state index in [9.17, 15) is 4.79 Å². The molecule has 3 aromatic heterocycles. The zero-order chi connectivity index (χ0) is 17.2. The van der Waals surface area contributed by atoms with Gasteiger partial charge in [0.2, 0.25) is 0 Å². The molecule has 0 saturated heterocycles. The van der Waals surface area contributed by atoms with Crippen LogP contribution in [-0.2, 0) is 6.54 Å². The smallest absolute Gasteiger partial charge is 0.276 e. The lowest BCUT2D eigenvalue weighted by atomic mass is 10.3. The summed E-state index contributed by atoms with van der Waals surface area (Å²) in [4.78, 5) is 17.8. The summed E-state index contributed by atoms with van der Waals surface area (Å²) in [5.74, 6) is 0.120. The van der Waals surface area contributed by atoms with Gasteiger partial charge >= 0.3 is 0 Å². The van der Waals surface area contributed by atoms with Crippen LogP contribution in [-0.4, -0.2) is 32.2 Å². The number of methoxy groups -OCH3 is 1. The zero-order valence-corrected chi connectivity index (χ0v) is 14.2. The first kappa shape index (κ1) is 15.4. The molecule has 0 saturated carbocycles. The molecule has 1 amide bonds. The summed E-state index contributed by atoms with van der Waals surface area (Å²) in [6.07, 6.45) is 5.52. The zero-order valence-electron chi connectivity index (χ0n) is 13.4. The molecule has 0 atom stereocenters. The molecule has 1 aromatic carbocycles. The number of ether oxygens (including phenoxy) is 1. The molecule has 25 heavy (non-hydrogen) atoms. The van der Waals surface area contributed by atoms with Crippen molar-refractivity contribution in [1.29, 1.82) is 0 Å².